The standard InChI is InChI=1S/C12H11NO3/c13-11(14)6-2-4-9-3-1-5-10(7-9)8-12(15)16/h1,3,5,7H,6,8H2,(H2,13,14)(H,15,16). The molecule has 0 atom stereocenters. The average molecular weight is 217 g/mol. The second kappa shape index (κ2) is 5.56. The first-order valence-electron chi connectivity index (χ1n) is 4.66. The number of hydrogen-bond donors (Lipinski definition) is 2. The van der Waals surface area contributed by atoms with Crippen LogP contribution in [0.15, 0.2) is 24.3 Å². The number of rotatable bonds is 3. The quantitative estimate of drug-likeness (QED) is 0.725. The molecule has 0 aliphatic rings. The van der Waals surface area contributed by atoms with Crippen molar-refractivity contribution in [1.29, 1.82) is 0 Å². The number of hydrogen-bond acceptors (Lipinski definition) is 2. The first-order chi connectivity index (χ1) is 7.58. The zero-order chi connectivity index (χ0) is 12.0. The van der Waals surface area contributed by atoms with Crippen LogP contribution in [0.4, 0.5) is 0 Å². The van der Waals surface area contributed by atoms with E-state index in [-0.39, 0.29) is 12.8 Å². The molecule has 1 amide bonds. The normalized spacial score (nSPS) is 9.00. The van der Waals surface area contributed by atoms with Crippen molar-refractivity contribution in [1.82, 2.24) is 0 Å². The zero-order valence-corrected chi connectivity index (χ0v) is 8.56. The SMILES string of the molecule is NC(=O)CC#Cc1cccc(CC(=O)O)c1. The molecule has 0 fully saturated rings. The Balaban J connectivity index is 2.76. The number of carboxylic acids is 1. The molecule has 16 heavy (non-hydrogen) atoms. The van der Waals surface area contributed by atoms with Crippen LogP contribution < -0.4 is 5.73 Å². The molecule has 4 heteroatoms. The minimum absolute atomic E-state index is 0.00313. The highest BCUT2D eigenvalue weighted by Crippen LogP contribution is 2.04. The second-order valence-corrected chi connectivity index (χ2v) is 3.22. The molecule has 0 aliphatic heterocycles. The van der Waals surface area contributed by atoms with Crippen LogP contribution in [0.2, 0.25) is 0 Å². The third-order valence-corrected chi connectivity index (χ3v) is 1.78. The molecular formula is C12H11NO3. The third-order valence-electron chi connectivity index (χ3n) is 1.78. The van der Waals surface area contributed by atoms with Crippen molar-refractivity contribution in [2.75, 3.05) is 0 Å². The summed E-state index contributed by atoms with van der Waals surface area (Å²) >= 11 is 0. The predicted octanol–water partition coefficient (Wildman–Crippen LogP) is 0.541. The molecule has 0 saturated carbocycles. The van der Waals surface area contributed by atoms with Crippen molar-refractivity contribution in [3.63, 3.8) is 0 Å². The lowest BCUT2D eigenvalue weighted by Crippen LogP contribution is -2.08. The van der Waals surface area contributed by atoms with Crippen molar-refractivity contribution in [2.24, 2.45) is 5.73 Å². The molecule has 0 aromatic heterocycles. The first kappa shape index (κ1) is 11.8. The first-order valence-corrected chi connectivity index (χ1v) is 4.66. The molecule has 0 bridgehead atoms. The van der Waals surface area contributed by atoms with Gasteiger partial charge in [-0.2, -0.15) is 0 Å². The van der Waals surface area contributed by atoms with Crippen LogP contribution in [0, 0.1) is 11.8 Å². The Morgan fingerprint density at radius 2 is 2.12 bits per heavy atom. The summed E-state index contributed by atoms with van der Waals surface area (Å²) in [6.45, 7) is 0. The fourth-order valence-corrected chi connectivity index (χ4v) is 1.17. The van der Waals surface area contributed by atoms with E-state index >= 15 is 0 Å². The number of primary amides is 1. The number of aliphatic carboxylic acids is 1. The summed E-state index contributed by atoms with van der Waals surface area (Å²) in [4.78, 5) is 20.9. The number of carbonyl (C=O) groups is 2. The van der Waals surface area contributed by atoms with Crippen LogP contribution in [0.3, 0.4) is 0 Å². The average Bonchev–Trinajstić information content (AvgIpc) is 2.16. The Hall–Kier alpha value is -2.28. The lowest BCUT2D eigenvalue weighted by atomic mass is 10.1. The zero-order valence-electron chi connectivity index (χ0n) is 8.56. The van der Waals surface area contributed by atoms with Gasteiger partial charge < -0.3 is 10.8 Å². The fraction of sp³-hybridized carbons (Fsp3) is 0.167. The Labute approximate surface area is 93.1 Å². The van der Waals surface area contributed by atoms with Gasteiger partial charge in [0.25, 0.3) is 0 Å². The highest BCUT2D eigenvalue weighted by Gasteiger charge is 1.99. The van der Waals surface area contributed by atoms with Crippen LogP contribution in [-0.2, 0) is 16.0 Å². The van der Waals surface area contributed by atoms with Gasteiger partial charge in [0.05, 0.1) is 12.8 Å². The third kappa shape index (κ3) is 4.29. The Morgan fingerprint density at radius 1 is 1.38 bits per heavy atom. The van der Waals surface area contributed by atoms with Crippen LogP contribution in [0.1, 0.15) is 17.5 Å². The number of nitrogens with two attached hydrogens (primary N) is 1. The van der Waals surface area contributed by atoms with Crippen molar-refractivity contribution in [2.45, 2.75) is 12.8 Å². The van der Waals surface area contributed by atoms with E-state index in [0.29, 0.717) is 11.1 Å². The number of carboxylic acid groups (broad SMARTS) is 1. The molecule has 4 nitrogen and oxygen atoms in total. The lowest BCUT2D eigenvalue weighted by Gasteiger charge is -1.97. The summed E-state index contributed by atoms with van der Waals surface area (Å²) in [6, 6.07) is 6.88. The maximum absolute atomic E-state index is 10.5. The predicted molar refractivity (Wildman–Crippen MR) is 58.5 cm³/mol. The van der Waals surface area contributed by atoms with Gasteiger partial charge in [0.2, 0.25) is 5.91 Å². The van der Waals surface area contributed by atoms with Gasteiger partial charge in [-0.25, -0.2) is 0 Å². The van der Waals surface area contributed by atoms with Crippen molar-refractivity contribution >= 4 is 11.9 Å². The molecule has 0 aliphatic carbocycles. The van der Waals surface area contributed by atoms with E-state index in [1.165, 1.54) is 0 Å². The van der Waals surface area contributed by atoms with Gasteiger partial charge in [-0.05, 0) is 17.7 Å². The van der Waals surface area contributed by atoms with Crippen molar-refractivity contribution in [3.8, 4) is 11.8 Å². The van der Waals surface area contributed by atoms with Gasteiger partial charge in [0, 0.05) is 5.56 Å². The molecule has 0 saturated heterocycles. The Kier molecular flexibility index (Phi) is 4.10. The van der Waals surface area contributed by atoms with E-state index in [2.05, 4.69) is 11.8 Å². The summed E-state index contributed by atoms with van der Waals surface area (Å²) in [6.07, 6.45) is -0.0332. The van der Waals surface area contributed by atoms with Crippen LogP contribution in [0.5, 0.6) is 0 Å². The molecular weight excluding hydrogens is 206 g/mol. The molecule has 0 spiro atoms. The molecule has 1 aromatic rings. The topological polar surface area (TPSA) is 80.4 Å². The van der Waals surface area contributed by atoms with Gasteiger partial charge in [0.15, 0.2) is 0 Å². The minimum Gasteiger partial charge on any atom is -0.481 e. The maximum Gasteiger partial charge on any atom is 0.307 e. The van der Waals surface area contributed by atoms with E-state index in [0.717, 1.165) is 0 Å². The Bertz CT molecular complexity index is 469. The van der Waals surface area contributed by atoms with Gasteiger partial charge in [0.1, 0.15) is 0 Å². The maximum atomic E-state index is 10.5. The van der Waals surface area contributed by atoms with E-state index in [1.54, 1.807) is 24.3 Å². The van der Waals surface area contributed by atoms with Crippen molar-refractivity contribution < 1.29 is 14.7 Å². The highest BCUT2D eigenvalue weighted by atomic mass is 16.4. The van der Waals surface area contributed by atoms with Gasteiger partial charge in [-0.15, -0.1) is 0 Å². The molecule has 3 N–H and O–H groups in total. The summed E-state index contributed by atoms with van der Waals surface area (Å²) in [5.41, 5.74) is 6.29. The van der Waals surface area contributed by atoms with Crippen molar-refractivity contribution in [3.05, 3.63) is 35.4 Å². The molecule has 1 rings (SSSR count). The number of benzene rings is 1. The van der Waals surface area contributed by atoms with E-state index < -0.39 is 11.9 Å². The van der Waals surface area contributed by atoms with Gasteiger partial charge in [-0.1, -0.05) is 24.0 Å². The Morgan fingerprint density at radius 3 is 2.75 bits per heavy atom. The monoisotopic (exact) mass is 217 g/mol. The minimum atomic E-state index is -0.887. The molecule has 0 unspecified atom stereocenters. The van der Waals surface area contributed by atoms with Crippen LogP contribution in [-0.4, -0.2) is 17.0 Å². The summed E-state index contributed by atoms with van der Waals surface area (Å²) in [5, 5.41) is 8.61. The lowest BCUT2D eigenvalue weighted by molar-refractivity contribution is -0.136. The van der Waals surface area contributed by atoms with Gasteiger partial charge in [-0.3, -0.25) is 9.59 Å². The fourth-order valence-electron chi connectivity index (χ4n) is 1.17. The largest absolute Gasteiger partial charge is 0.481 e. The summed E-state index contributed by atoms with van der Waals surface area (Å²) in [5.74, 6) is 3.99. The van der Waals surface area contributed by atoms with E-state index in [9.17, 15) is 9.59 Å². The smallest absolute Gasteiger partial charge is 0.307 e. The second-order valence-electron chi connectivity index (χ2n) is 3.22. The molecule has 82 valence electrons. The van der Waals surface area contributed by atoms with E-state index in [4.69, 9.17) is 10.8 Å². The van der Waals surface area contributed by atoms with Crippen LogP contribution >= 0.6 is 0 Å². The molecule has 1 aromatic carbocycles. The van der Waals surface area contributed by atoms with Gasteiger partial charge >= 0.3 is 5.97 Å². The summed E-state index contributed by atoms with van der Waals surface area (Å²) < 4.78 is 0. The van der Waals surface area contributed by atoms with E-state index in [1.807, 2.05) is 0 Å². The summed E-state index contributed by atoms with van der Waals surface area (Å²) in [7, 11) is 0. The molecule has 0 radical (unpaired) electrons. The number of amides is 1. The van der Waals surface area contributed by atoms with Crippen LogP contribution in [0.25, 0.3) is 0 Å². The molecule has 0 heterocycles. The highest BCUT2D eigenvalue weighted by molar-refractivity contribution is 5.76. The number of carbonyl (C=O) groups excluding carboxylic acids is 1.